The maximum atomic E-state index is 12.3. The zero-order chi connectivity index (χ0) is 17.1. The average Bonchev–Trinajstić information content (AvgIpc) is 3.21. The molecule has 2 aromatic heterocycles. The largest absolute Gasteiger partial charge is 0.339 e. The summed E-state index contributed by atoms with van der Waals surface area (Å²) in [6.07, 6.45) is 0.547. The second-order valence-corrected chi connectivity index (χ2v) is 6.73. The molecule has 8 heteroatoms. The first-order valence-electron chi connectivity index (χ1n) is 7.71. The molecular weight excluding hydrogens is 326 g/mol. The van der Waals surface area contributed by atoms with Gasteiger partial charge in [0.05, 0.1) is 15.7 Å². The van der Waals surface area contributed by atoms with Crippen LogP contribution in [-0.4, -0.2) is 39.6 Å². The first kappa shape index (κ1) is 16.4. The van der Waals surface area contributed by atoms with E-state index in [-0.39, 0.29) is 11.9 Å². The first-order valence-corrected chi connectivity index (χ1v) is 8.58. The van der Waals surface area contributed by atoms with Gasteiger partial charge in [-0.25, -0.2) is 9.78 Å². The maximum Gasteiger partial charge on any atom is 0.321 e. The van der Waals surface area contributed by atoms with Crippen molar-refractivity contribution in [3.63, 3.8) is 0 Å². The predicted molar refractivity (Wildman–Crippen MR) is 93.4 cm³/mol. The number of hydrogen-bond acceptors (Lipinski definition) is 6. The summed E-state index contributed by atoms with van der Waals surface area (Å²) in [7, 11) is 1.74. The lowest BCUT2D eigenvalue weighted by atomic mass is 10.2. The fraction of sp³-hybridized carbons (Fsp3) is 0.375. The Bertz CT molecular complexity index is 842. The lowest BCUT2D eigenvalue weighted by Gasteiger charge is -2.17. The van der Waals surface area contributed by atoms with Crippen LogP contribution in [0, 0.1) is 0 Å². The molecule has 0 spiro atoms. The maximum absolute atomic E-state index is 12.3. The standard InChI is InChI=1S/C16H19N5O2S/c1-10(2)15-19-14(20-23-15)6-7-21(3)16(22)18-11-4-5-13-12(8-11)17-9-24-13/h4-5,8-10H,6-7H2,1-3H3,(H,18,22). The highest BCUT2D eigenvalue weighted by atomic mass is 32.1. The molecule has 0 aliphatic carbocycles. The molecule has 0 aliphatic rings. The average molecular weight is 345 g/mol. The number of carbonyl (C=O) groups excluding carboxylic acids is 1. The van der Waals surface area contributed by atoms with E-state index in [0.717, 1.165) is 15.9 Å². The topological polar surface area (TPSA) is 84.2 Å². The molecule has 3 aromatic rings. The molecule has 7 nitrogen and oxygen atoms in total. The summed E-state index contributed by atoms with van der Waals surface area (Å²) in [6.45, 7) is 4.49. The number of urea groups is 1. The monoisotopic (exact) mass is 345 g/mol. The van der Waals surface area contributed by atoms with Crippen LogP contribution in [0.5, 0.6) is 0 Å². The van der Waals surface area contributed by atoms with E-state index in [1.807, 2.05) is 32.0 Å². The van der Waals surface area contributed by atoms with Crippen LogP contribution in [0.25, 0.3) is 10.2 Å². The zero-order valence-electron chi connectivity index (χ0n) is 13.8. The number of likely N-dealkylation sites (N-methyl/N-ethyl adjacent to an activating group) is 1. The van der Waals surface area contributed by atoms with Crippen molar-refractivity contribution in [3.05, 3.63) is 35.4 Å². The third-order valence-corrected chi connectivity index (χ3v) is 4.39. The number of nitrogens with zero attached hydrogens (tertiary/aromatic N) is 4. The Labute approximate surface area is 143 Å². The Kier molecular flexibility index (Phi) is 4.75. The molecule has 3 rings (SSSR count). The van der Waals surface area contributed by atoms with Crippen LogP contribution in [0.2, 0.25) is 0 Å². The van der Waals surface area contributed by atoms with E-state index in [1.54, 1.807) is 28.8 Å². The summed E-state index contributed by atoms with van der Waals surface area (Å²) in [6, 6.07) is 5.51. The number of amides is 2. The Morgan fingerprint density at radius 3 is 3.00 bits per heavy atom. The molecule has 126 valence electrons. The minimum absolute atomic E-state index is 0.183. The third kappa shape index (κ3) is 3.70. The van der Waals surface area contributed by atoms with Gasteiger partial charge < -0.3 is 14.7 Å². The fourth-order valence-electron chi connectivity index (χ4n) is 2.13. The molecule has 0 aliphatic heterocycles. The van der Waals surface area contributed by atoms with E-state index in [2.05, 4.69) is 20.4 Å². The summed E-state index contributed by atoms with van der Waals surface area (Å²) in [4.78, 5) is 22.4. The van der Waals surface area contributed by atoms with E-state index >= 15 is 0 Å². The van der Waals surface area contributed by atoms with Crippen molar-refractivity contribution >= 4 is 33.3 Å². The van der Waals surface area contributed by atoms with Gasteiger partial charge >= 0.3 is 6.03 Å². The highest BCUT2D eigenvalue weighted by Crippen LogP contribution is 2.21. The number of thiazole rings is 1. The van der Waals surface area contributed by atoms with Gasteiger partial charge in [0.2, 0.25) is 5.89 Å². The molecule has 2 amide bonds. The van der Waals surface area contributed by atoms with Gasteiger partial charge in [0.25, 0.3) is 0 Å². The lowest BCUT2D eigenvalue weighted by molar-refractivity contribution is 0.222. The SMILES string of the molecule is CC(C)c1nc(CCN(C)C(=O)Nc2ccc3scnc3c2)no1. The molecule has 0 fully saturated rings. The van der Waals surface area contributed by atoms with Gasteiger partial charge in [0.15, 0.2) is 5.82 Å². The van der Waals surface area contributed by atoms with Gasteiger partial charge in [-0.2, -0.15) is 4.98 Å². The number of nitrogens with one attached hydrogen (secondary N) is 1. The quantitative estimate of drug-likeness (QED) is 0.765. The zero-order valence-corrected chi connectivity index (χ0v) is 14.6. The Morgan fingerprint density at radius 2 is 2.25 bits per heavy atom. The number of anilines is 1. The summed E-state index contributed by atoms with van der Waals surface area (Å²) in [5, 5.41) is 6.80. The van der Waals surface area contributed by atoms with Gasteiger partial charge in [-0.1, -0.05) is 19.0 Å². The molecule has 1 N–H and O–H groups in total. The number of benzene rings is 1. The first-order chi connectivity index (χ1) is 11.5. The van der Waals surface area contributed by atoms with Gasteiger partial charge in [-0.3, -0.25) is 0 Å². The molecule has 0 saturated carbocycles. The minimum Gasteiger partial charge on any atom is -0.339 e. The van der Waals surface area contributed by atoms with Crippen molar-refractivity contribution in [2.75, 3.05) is 18.9 Å². The van der Waals surface area contributed by atoms with E-state index in [4.69, 9.17) is 4.52 Å². The smallest absolute Gasteiger partial charge is 0.321 e. The molecule has 0 bridgehead atoms. The Balaban J connectivity index is 1.55. The highest BCUT2D eigenvalue weighted by Gasteiger charge is 2.13. The lowest BCUT2D eigenvalue weighted by Crippen LogP contribution is -2.33. The third-order valence-electron chi connectivity index (χ3n) is 3.58. The summed E-state index contributed by atoms with van der Waals surface area (Å²) < 4.78 is 6.26. The normalized spacial score (nSPS) is 11.2. The van der Waals surface area contributed by atoms with Crippen molar-refractivity contribution < 1.29 is 9.32 Å². The van der Waals surface area contributed by atoms with Crippen molar-refractivity contribution in [2.45, 2.75) is 26.2 Å². The predicted octanol–water partition coefficient (Wildman–Crippen LogP) is 3.51. The van der Waals surface area contributed by atoms with E-state index in [0.29, 0.717) is 24.7 Å². The van der Waals surface area contributed by atoms with Crippen molar-refractivity contribution in [1.29, 1.82) is 0 Å². The number of fused-ring (bicyclic) bond motifs is 1. The van der Waals surface area contributed by atoms with Crippen LogP contribution >= 0.6 is 11.3 Å². The fourth-order valence-corrected chi connectivity index (χ4v) is 2.79. The highest BCUT2D eigenvalue weighted by molar-refractivity contribution is 7.16. The van der Waals surface area contributed by atoms with Crippen LogP contribution in [0.15, 0.2) is 28.2 Å². The summed E-state index contributed by atoms with van der Waals surface area (Å²) >= 11 is 1.57. The molecule has 0 unspecified atom stereocenters. The summed E-state index contributed by atoms with van der Waals surface area (Å²) in [5.41, 5.74) is 3.40. The molecule has 24 heavy (non-hydrogen) atoms. The van der Waals surface area contributed by atoms with Crippen LogP contribution in [0.3, 0.4) is 0 Å². The van der Waals surface area contributed by atoms with Crippen molar-refractivity contribution in [2.24, 2.45) is 0 Å². The van der Waals surface area contributed by atoms with Crippen molar-refractivity contribution in [1.82, 2.24) is 20.0 Å². The number of rotatable bonds is 5. The molecular formula is C16H19N5O2S. The van der Waals surface area contributed by atoms with Gasteiger partial charge in [0.1, 0.15) is 0 Å². The summed E-state index contributed by atoms with van der Waals surface area (Å²) in [5.74, 6) is 1.43. The van der Waals surface area contributed by atoms with E-state index < -0.39 is 0 Å². The number of aromatic nitrogens is 3. The van der Waals surface area contributed by atoms with Gasteiger partial charge in [-0.05, 0) is 18.2 Å². The second kappa shape index (κ2) is 6.96. The second-order valence-electron chi connectivity index (χ2n) is 5.84. The number of carbonyl (C=O) groups is 1. The van der Waals surface area contributed by atoms with Crippen LogP contribution < -0.4 is 5.32 Å². The molecule has 2 heterocycles. The molecule has 0 saturated heterocycles. The molecule has 0 radical (unpaired) electrons. The minimum atomic E-state index is -0.183. The Morgan fingerprint density at radius 1 is 1.42 bits per heavy atom. The molecule has 0 atom stereocenters. The van der Waals surface area contributed by atoms with Crippen LogP contribution in [-0.2, 0) is 6.42 Å². The van der Waals surface area contributed by atoms with Crippen molar-refractivity contribution in [3.8, 4) is 0 Å². The van der Waals surface area contributed by atoms with E-state index in [9.17, 15) is 4.79 Å². The van der Waals surface area contributed by atoms with E-state index in [1.165, 1.54) is 0 Å². The van der Waals surface area contributed by atoms with Gasteiger partial charge in [-0.15, -0.1) is 11.3 Å². The van der Waals surface area contributed by atoms with Crippen LogP contribution in [0.1, 0.15) is 31.5 Å². The van der Waals surface area contributed by atoms with Crippen LogP contribution in [0.4, 0.5) is 10.5 Å². The number of hydrogen-bond donors (Lipinski definition) is 1. The molecule has 1 aromatic carbocycles. The van der Waals surface area contributed by atoms with Gasteiger partial charge in [0, 0.05) is 31.6 Å². The Hall–Kier alpha value is -2.48.